The lowest BCUT2D eigenvalue weighted by Gasteiger charge is -2.31. The fourth-order valence-corrected chi connectivity index (χ4v) is 7.17. The van der Waals surface area contributed by atoms with Crippen LogP contribution in [0.25, 0.3) is 0 Å². The molecular formula is C36H41Cl2F2N3O8S. The fourth-order valence-electron chi connectivity index (χ4n) is 5.74. The second kappa shape index (κ2) is 17.1. The first-order chi connectivity index (χ1) is 24.9. The van der Waals surface area contributed by atoms with Crippen molar-refractivity contribution in [1.82, 2.24) is 9.88 Å². The second-order valence-corrected chi connectivity index (χ2v) is 16.0. The van der Waals surface area contributed by atoms with Crippen LogP contribution in [0.2, 0.25) is 10.0 Å². The number of hydrogen-bond acceptors (Lipinski definition) is 10. The Hall–Kier alpha value is -3.43. The predicted molar refractivity (Wildman–Crippen MR) is 192 cm³/mol. The molecule has 11 nitrogen and oxygen atoms in total. The minimum absolute atomic E-state index is 0.00645. The van der Waals surface area contributed by atoms with Crippen LogP contribution in [0.5, 0.6) is 17.2 Å². The molecule has 1 aliphatic heterocycles. The molecule has 282 valence electrons. The van der Waals surface area contributed by atoms with Gasteiger partial charge in [-0.1, -0.05) is 29.3 Å². The molecule has 0 amide bonds. The van der Waals surface area contributed by atoms with Crippen molar-refractivity contribution in [3.63, 3.8) is 0 Å². The summed E-state index contributed by atoms with van der Waals surface area (Å²) in [6.45, 7) is 0.679. The van der Waals surface area contributed by atoms with Crippen LogP contribution in [-0.2, 0) is 25.9 Å². The first-order valence-corrected chi connectivity index (χ1v) is 19.8. The van der Waals surface area contributed by atoms with Gasteiger partial charge >= 0.3 is 12.6 Å². The largest absolute Gasteiger partial charge is 0.491 e. The number of carbonyl (C=O) groups excluding carboxylic acids is 1. The molecule has 1 atom stereocenters. The molecular weight excluding hydrogens is 743 g/mol. The van der Waals surface area contributed by atoms with E-state index in [9.17, 15) is 22.0 Å². The lowest BCUT2D eigenvalue weighted by Crippen LogP contribution is -2.43. The van der Waals surface area contributed by atoms with Gasteiger partial charge in [0.1, 0.15) is 11.9 Å². The van der Waals surface area contributed by atoms with Gasteiger partial charge in [0.2, 0.25) is 10.0 Å². The maximum absolute atomic E-state index is 14.0. The maximum Gasteiger partial charge on any atom is 0.387 e. The third-order valence-electron chi connectivity index (χ3n) is 9.08. The Morgan fingerprint density at radius 1 is 0.962 bits per heavy atom. The SMILES string of the molecule is CS(=O)(=O)N(CCN1CCOCC1)c1cc(C(=O)O[C@@H](Cc2c(Cl)cncc2Cl)c2ccc(OC(F)F)c(OCC3CC3)c2)ccc1OCC1CC1. The minimum atomic E-state index is -3.82. The summed E-state index contributed by atoms with van der Waals surface area (Å²) in [6, 6.07) is 8.89. The molecule has 6 rings (SSSR count). The number of halogens is 4. The number of anilines is 1. The van der Waals surface area contributed by atoms with Crippen molar-refractivity contribution in [3.8, 4) is 17.2 Å². The molecule has 0 spiro atoms. The van der Waals surface area contributed by atoms with Crippen LogP contribution in [0.15, 0.2) is 48.8 Å². The number of benzene rings is 2. The fraction of sp³-hybridized carbons (Fsp3) is 0.500. The Balaban J connectivity index is 1.32. The molecule has 2 saturated carbocycles. The quantitative estimate of drug-likeness (QED) is 0.128. The van der Waals surface area contributed by atoms with Gasteiger partial charge < -0.3 is 23.7 Å². The summed E-state index contributed by atoms with van der Waals surface area (Å²) < 4.78 is 82.6. The highest BCUT2D eigenvalue weighted by molar-refractivity contribution is 7.92. The van der Waals surface area contributed by atoms with E-state index in [4.69, 9.17) is 46.9 Å². The smallest absolute Gasteiger partial charge is 0.387 e. The predicted octanol–water partition coefficient (Wildman–Crippen LogP) is 6.81. The van der Waals surface area contributed by atoms with E-state index in [-0.39, 0.29) is 45.8 Å². The van der Waals surface area contributed by atoms with E-state index in [1.165, 1.54) is 47.0 Å². The maximum atomic E-state index is 14.0. The number of sulfonamides is 1. The number of morpholine rings is 1. The van der Waals surface area contributed by atoms with Gasteiger partial charge in [-0.25, -0.2) is 13.2 Å². The van der Waals surface area contributed by atoms with Gasteiger partial charge in [-0.3, -0.25) is 14.2 Å². The lowest BCUT2D eigenvalue weighted by molar-refractivity contribution is -0.0515. The van der Waals surface area contributed by atoms with E-state index in [1.807, 2.05) is 0 Å². The van der Waals surface area contributed by atoms with Crippen LogP contribution in [0.4, 0.5) is 14.5 Å². The molecule has 16 heteroatoms. The van der Waals surface area contributed by atoms with E-state index in [0.717, 1.165) is 31.9 Å². The van der Waals surface area contributed by atoms with E-state index < -0.39 is 28.7 Å². The van der Waals surface area contributed by atoms with Gasteiger partial charge in [0.15, 0.2) is 11.5 Å². The zero-order valence-electron chi connectivity index (χ0n) is 28.6. The van der Waals surface area contributed by atoms with Crippen LogP contribution in [0.1, 0.15) is 53.3 Å². The summed E-state index contributed by atoms with van der Waals surface area (Å²) in [4.78, 5) is 20.2. The number of rotatable bonds is 18. The molecule has 0 bridgehead atoms. The second-order valence-electron chi connectivity index (χ2n) is 13.2. The summed E-state index contributed by atoms with van der Waals surface area (Å²) in [5.74, 6) is 0.166. The van der Waals surface area contributed by atoms with Gasteiger partial charge in [0.25, 0.3) is 0 Å². The molecule has 3 aromatic rings. The highest BCUT2D eigenvalue weighted by atomic mass is 35.5. The van der Waals surface area contributed by atoms with Crippen molar-refractivity contribution >= 4 is 44.9 Å². The Labute approximate surface area is 312 Å². The number of alkyl halides is 2. The normalized spacial score (nSPS) is 17.1. The third-order valence-corrected chi connectivity index (χ3v) is 10.9. The average molecular weight is 785 g/mol. The number of nitrogens with zero attached hydrogens (tertiary/aromatic N) is 3. The first-order valence-electron chi connectivity index (χ1n) is 17.2. The molecule has 2 aliphatic carbocycles. The molecule has 0 unspecified atom stereocenters. The monoisotopic (exact) mass is 783 g/mol. The van der Waals surface area contributed by atoms with Crippen LogP contribution < -0.4 is 18.5 Å². The number of carbonyl (C=O) groups is 1. The molecule has 2 heterocycles. The van der Waals surface area contributed by atoms with E-state index >= 15 is 0 Å². The molecule has 3 aliphatic rings. The van der Waals surface area contributed by atoms with Crippen LogP contribution in [0.3, 0.4) is 0 Å². The van der Waals surface area contributed by atoms with Crippen LogP contribution in [0, 0.1) is 11.8 Å². The van der Waals surface area contributed by atoms with Crippen LogP contribution in [-0.4, -0.2) is 89.7 Å². The van der Waals surface area contributed by atoms with Crippen molar-refractivity contribution in [2.24, 2.45) is 11.8 Å². The summed E-state index contributed by atoms with van der Waals surface area (Å²) in [5, 5.41) is 0.472. The summed E-state index contributed by atoms with van der Waals surface area (Å²) in [5.41, 5.74) is 1.12. The zero-order valence-corrected chi connectivity index (χ0v) is 31.0. The van der Waals surface area contributed by atoms with E-state index in [0.29, 0.717) is 74.8 Å². The van der Waals surface area contributed by atoms with Crippen molar-refractivity contribution < 1.29 is 45.7 Å². The number of pyridine rings is 1. The molecule has 0 N–H and O–H groups in total. The highest BCUT2D eigenvalue weighted by Crippen LogP contribution is 2.39. The first kappa shape index (κ1) is 38.3. The topological polar surface area (TPSA) is 117 Å². The van der Waals surface area contributed by atoms with Gasteiger partial charge in [-0.2, -0.15) is 8.78 Å². The zero-order chi connectivity index (χ0) is 36.8. The van der Waals surface area contributed by atoms with Gasteiger partial charge in [0, 0.05) is 45.0 Å². The van der Waals surface area contributed by atoms with Crippen molar-refractivity contribution in [1.29, 1.82) is 0 Å². The Morgan fingerprint density at radius 2 is 1.60 bits per heavy atom. The Morgan fingerprint density at radius 3 is 2.21 bits per heavy atom. The standard InChI is InChI=1S/C36H41Cl2F2N3O8S/c1-52(45,46)43(11-10-42-12-14-47-15-13-42)30-16-26(7-8-31(30)48-21-23-2-3-23)35(44)50-33(18-27-28(37)19-41-20-29(27)38)25-6-9-32(51-36(39)40)34(17-25)49-22-24-4-5-24/h6-9,16-17,19-20,23-24,33,36H,2-5,10-15,18,21-22H2,1H3/t33-/m0/s1. The summed E-state index contributed by atoms with van der Waals surface area (Å²) in [7, 11) is -3.82. The summed E-state index contributed by atoms with van der Waals surface area (Å²) in [6.07, 6.45) is 6.89. The highest BCUT2D eigenvalue weighted by Gasteiger charge is 2.29. The van der Waals surface area contributed by atoms with Gasteiger partial charge in [-0.15, -0.1) is 0 Å². The number of aromatic nitrogens is 1. The van der Waals surface area contributed by atoms with Crippen LogP contribution >= 0.6 is 23.2 Å². The molecule has 0 radical (unpaired) electrons. The van der Waals surface area contributed by atoms with E-state index in [1.54, 1.807) is 6.07 Å². The minimum Gasteiger partial charge on any atom is -0.491 e. The number of ether oxygens (including phenoxy) is 5. The average Bonchev–Trinajstić information content (AvgIpc) is 4.04. The Bertz CT molecular complexity index is 1800. The molecule has 3 fully saturated rings. The molecule has 1 saturated heterocycles. The van der Waals surface area contributed by atoms with Crippen molar-refractivity contribution in [3.05, 3.63) is 75.5 Å². The van der Waals surface area contributed by atoms with Gasteiger partial charge in [0.05, 0.1) is 54.0 Å². The van der Waals surface area contributed by atoms with Crippen molar-refractivity contribution in [2.45, 2.75) is 44.8 Å². The Kier molecular flexibility index (Phi) is 12.6. The molecule has 52 heavy (non-hydrogen) atoms. The number of hydrogen-bond donors (Lipinski definition) is 0. The number of esters is 1. The van der Waals surface area contributed by atoms with Crippen molar-refractivity contribution in [2.75, 3.05) is 63.2 Å². The molecule has 1 aromatic heterocycles. The molecule has 2 aromatic carbocycles. The van der Waals surface area contributed by atoms with Gasteiger partial charge in [-0.05, 0) is 79.0 Å². The lowest BCUT2D eigenvalue weighted by atomic mass is 10.0. The van der Waals surface area contributed by atoms with E-state index in [2.05, 4.69) is 9.88 Å². The third kappa shape index (κ3) is 10.6. The summed E-state index contributed by atoms with van der Waals surface area (Å²) >= 11 is 13.0.